The van der Waals surface area contributed by atoms with Crippen LogP contribution in [0.4, 0.5) is 4.79 Å². The smallest absolute Gasteiger partial charge is 0.409 e. The highest BCUT2D eigenvalue weighted by Gasteiger charge is 2.48. The van der Waals surface area contributed by atoms with Gasteiger partial charge in [-0.3, -0.25) is 4.79 Å². The van der Waals surface area contributed by atoms with Crippen LogP contribution in [0, 0.1) is 11.3 Å². The number of aliphatic carboxylic acids is 1. The molecule has 2 heterocycles. The minimum atomic E-state index is -0.722. The summed E-state index contributed by atoms with van der Waals surface area (Å²) in [6.45, 7) is 2.38. The summed E-state index contributed by atoms with van der Waals surface area (Å²) in [7, 11) is 0. The first kappa shape index (κ1) is 21.0. The fourth-order valence-corrected chi connectivity index (χ4v) is 5.83. The number of hydrogen-bond acceptors (Lipinski definition) is 4. The summed E-state index contributed by atoms with van der Waals surface area (Å²) in [4.78, 5) is 26.7. The van der Waals surface area contributed by atoms with Gasteiger partial charge in [-0.25, -0.2) is 4.79 Å². The molecule has 0 radical (unpaired) electrons. The van der Waals surface area contributed by atoms with Crippen LogP contribution < -0.4 is 0 Å². The summed E-state index contributed by atoms with van der Waals surface area (Å²) in [6.07, 6.45) is 2.18. The molecular formula is C26H29NO5. The summed E-state index contributed by atoms with van der Waals surface area (Å²) in [6, 6.07) is 16.6. The third kappa shape index (κ3) is 3.56. The fraction of sp³-hybridized carbons (Fsp3) is 0.462. The largest absolute Gasteiger partial charge is 0.481 e. The zero-order chi connectivity index (χ0) is 22.1. The topological polar surface area (TPSA) is 76.1 Å². The van der Waals surface area contributed by atoms with E-state index >= 15 is 0 Å². The number of carboxylic acids is 1. The quantitative estimate of drug-likeness (QED) is 0.764. The van der Waals surface area contributed by atoms with Crippen molar-refractivity contribution in [2.75, 3.05) is 32.9 Å². The molecular weight excluding hydrogens is 406 g/mol. The van der Waals surface area contributed by atoms with E-state index in [4.69, 9.17) is 9.47 Å². The monoisotopic (exact) mass is 435 g/mol. The van der Waals surface area contributed by atoms with Crippen molar-refractivity contribution in [3.63, 3.8) is 0 Å². The second-order valence-electron chi connectivity index (χ2n) is 9.14. The minimum absolute atomic E-state index is 0.0430. The van der Waals surface area contributed by atoms with Crippen LogP contribution in [0.1, 0.15) is 42.7 Å². The number of rotatable bonds is 4. The van der Waals surface area contributed by atoms with Crippen LogP contribution in [0.15, 0.2) is 48.5 Å². The molecule has 1 amide bonds. The van der Waals surface area contributed by atoms with Crippen molar-refractivity contribution in [2.24, 2.45) is 11.3 Å². The molecule has 1 aliphatic carbocycles. The van der Waals surface area contributed by atoms with Crippen LogP contribution in [0.2, 0.25) is 0 Å². The standard InChI is InChI=1S/C26H29NO5/c28-24(29)26(11-15-31-16-12-26)18-9-13-27(14-10-18)25(30)32-17-23-21-7-3-1-5-19(21)20-6-2-4-8-22(20)23/h1-8,18,23H,9-17H2,(H,28,29). The Hall–Kier alpha value is -2.86. The van der Waals surface area contributed by atoms with Gasteiger partial charge in [0.15, 0.2) is 0 Å². The molecule has 0 aromatic heterocycles. The molecule has 2 saturated heterocycles. The maximum atomic E-state index is 12.8. The number of benzene rings is 2. The van der Waals surface area contributed by atoms with Gasteiger partial charge in [-0.1, -0.05) is 48.5 Å². The molecule has 0 unspecified atom stereocenters. The van der Waals surface area contributed by atoms with Crippen LogP contribution in [-0.2, 0) is 14.3 Å². The van der Waals surface area contributed by atoms with Gasteiger partial charge in [-0.05, 0) is 53.9 Å². The molecule has 2 fully saturated rings. The van der Waals surface area contributed by atoms with E-state index in [0.29, 0.717) is 58.6 Å². The highest BCUT2D eigenvalue weighted by Crippen LogP contribution is 2.45. The summed E-state index contributed by atoms with van der Waals surface area (Å²) in [5.41, 5.74) is 4.10. The van der Waals surface area contributed by atoms with Crippen LogP contribution >= 0.6 is 0 Å². The Bertz CT molecular complexity index is 959. The average molecular weight is 436 g/mol. The van der Waals surface area contributed by atoms with Gasteiger partial charge in [0.2, 0.25) is 0 Å². The number of hydrogen-bond donors (Lipinski definition) is 1. The van der Waals surface area contributed by atoms with Gasteiger partial charge in [-0.15, -0.1) is 0 Å². The van der Waals surface area contributed by atoms with E-state index in [1.165, 1.54) is 22.3 Å². The molecule has 2 aliphatic heterocycles. The van der Waals surface area contributed by atoms with E-state index in [1.807, 2.05) is 24.3 Å². The first-order valence-corrected chi connectivity index (χ1v) is 11.5. The third-order valence-electron chi connectivity index (χ3n) is 7.68. The molecule has 1 N–H and O–H groups in total. The molecule has 2 aromatic rings. The summed E-state index contributed by atoms with van der Waals surface area (Å²) < 4.78 is 11.2. The SMILES string of the molecule is O=C(OCC1c2ccccc2-c2ccccc21)N1CCC(C2(C(=O)O)CCOCC2)CC1. The Morgan fingerprint density at radius 1 is 0.969 bits per heavy atom. The van der Waals surface area contributed by atoms with Crippen molar-refractivity contribution in [3.05, 3.63) is 59.7 Å². The molecule has 0 atom stereocenters. The molecule has 32 heavy (non-hydrogen) atoms. The Labute approximate surface area is 188 Å². The summed E-state index contributed by atoms with van der Waals surface area (Å²) in [5.74, 6) is -0.608. The fourth-order valence-electron chi connectivity index (χ4n) is 5.83. The van der Waals surface area contributed by atoms with E-state index in [0.717, 1.165) is 0 Å². The van der Waals surface area contributed by atoms with Crippen LogP contribution in [0.25, 0.3) is 11.1 Å². The van der Waals surface area contributed by atoms with Crippen LogP contribution in [0.5, 0.6) is 0 Å². The number of amides is 1. The normalized spacial score (nSPS) is 20.4. The number of ether oxygens (including phenoxy) is 2. The second-order valence-corrected chi connectivity index (χ2v) is 9.14. The van der Waals surface area contributed by atoms with Gasteiger partial charge < -0.3 is 19.5 Å². The van der Waals surface area contributed by atoms with E-state index in [9.17, 15) is 14.7 Å². The third-order valence-corrected chi connectivity index (χ3v) is 7.68. The highest BCUT2D eigenvalue weighted by molar-refractivity contribution is 5.79. The molecule has 3 aliphatic rings. The molecule has 0 spiro atoms. The molecule has 0 bridgehead atoms. The molecule has 6 heteroatoms. The van der Waals surface area contributed by atoms with Gasteiger partial charge in [0.1, 0.15) is 6.61 Å². The van der Waals surface area contributed by atoms with Crippen LogP contribution in [-0.4, -0.2) is 55.0 Å². The molecule has 6 nitrogen and oxygen atoms in total. The predicted molar refractivity (Wildman–Crippen MR) is 119 cm³/mol. The molecule has 2 aromatic carbocycles. The number of nitrogens with zero attached hydrogens (tertiary/aromatic N) is 1. The first-order valence-electron chi connectivity index (χ1n) is 11.5. The molecule has 5 rings (SSSR count). The average Bonchev–Trinajstić information content (AvgIpc) is 3.17. The van der Waals surface area contributed by atoms with Gasteiger partial charge >= 0.3 is 12.1 Å². The predicted octanol–water partition coefficient (Wildman–Crippen LogP) is 4.53. The lowest BCUT2D eigenvalue weighted by Crippen LogP contribution is -2.49. The Balaban J connectivity index is 1.22. The Morgan fingerprint density at radius 2 is 1.53 bits per heavy atom. The number of piperidine rings is 1. The zero-order valence-corrected chi connectivity index (χ0v) is 18.2. The summed E-state index contributed by atoms with van der Waals surface area (Å²) in [5, 5.41) is 9.92. The van der Waals surface area contributed by atoms with Gasteiger partial charge in [0, 0.05) is 32.2 Å². The minimum Gasteiger partial charge on any atom is -0.481 e. The maximum Gasteiger partial charge on any atom is 0.409 e. The first-order chi connectivity index (χ1) is 15.6. The van der Waals surface area contributed by atoms with Gasteiger partial charge in [0.25, 0.3) is 0 Å². The van der Waals surface area contributed by atoms with Crippen LogP contribution in [0.3, 0.4) is 0 Å². The van der Waals surface area contributed by atoms with Gasteiger partial charge in [-0.2, -0.15) is 0 Å². The van der Waals surface area contributed by atoms with Gasteiger partial charge in [0.05, 0.1) is 5.41 Å². The number of fused-ring (bicyclic) bond motifs is 3. The maximum absolute atomic E-state index is 12.8. The lowest BCUT2D eigenvalue weighted by atomic mass is 9.66. The Morgan fingerprint density at radius 3 is 2.09 bits per heavy atom. The van der Waals surface area contributed by atoms with Crippen molar-refractivity contribution >= 4 is 12.1 Å². The second kappa shape index (κ2) is 8.58. The lowest BCUT2D eigenvalue weighted by Gasteiger charge is -2.43. The lowest BCUT2D eigenvalue weighted by molar-refractivity contribution is -0.162. The number of carboxylic acid groups (broad SMARTS) is 1. The van der Waals surface area contributed by atoms with Crippen molar-refractivity contribution in [2.45, 2.75) is 31.6 Å². The number of carbonyl (C=O) groups excluding carboxylic acids is 1. The Kier molecular flexibility index (Phi) is 5.64. The summed E-state index contributed by atoms with van der Waals surface area (Å²) >= 11 is 0. The number of likely N-dealkylation sites (tertiary alicyclic amines) is 1. The number of carbonyl (C=O) groups is 2. The zero-order valence-electron chi connectivity index (χ0n) is 18.2. The van der Waals surface area contributed by atoms with E-state index < -0.39 is 11.4 Å². The van der Waals surface area contributed by atoms with Crippen molar-refractivity contribution < 1.29 is 24.2 Å². The van der Waals surface area contributed by atoms with E-state index in [1.54, 1.807) is 4.90 Å². The highest BCUT2D eigenvalue weighted by atomic mass is 16.6. The molecule has 168 valence electrons. The van der Waals surface area contributed by atoms with E-state index in [2.05, 4.69) is 24.3 Å². The van der Waals surface area contributed by atoms with E-state index in [-0.39, 0.29) is 17.9 Å². The van der Waals surface area contributed by atoms with Crippen molar-refractivity contribution in [1.29, 1.82) is 0 Å². The van der Waals surface area contributed by atoms with Crippen molar-refractivity contribution in [1.82, 2.24) is 4.90 Å². The van der Waals surface area contributed by atoms with Crippen molar-refractivity contribution in [3.8, 4) is 11.1 Å². The molecule has 0 saturated carbocycles.